The van der Waals surface area contributed by atoms with E-state index in [4.69, 9.17) is 0 Å². The van der Waals surface area contributed by atoms with E-state index in [9.17, 15) is 0 Å². The van der Waals surface area contributed by atoms with Crippen LogP contribution in [0.2, 0.25) is 0 Å². The molecule has 5 nitrogen and oxygen atoms in total. The van der Waals surface area contributed by atoms with Crippen molar-refractivity contribution in [3.8, 4) is 0 Å². The lowest BCUT2D eigenvalue weighted by atomic mass is 9.79. The largest absolute Gasteiger partial charge is 0.356 e. The van der Waals surface area contributed by atoms with Crippen LogP contribution in [0.15, 0.2) is 4.99 Å². The number of hydrogen-bond acceptors (Lipinski definition) is 3. The van der Waals surface area contributed by atoms with E-state index in [-0.39, 0.29) is 24.0 Å². The van der Waals surface area contributed by atoms with Crippen molar-refractivity contribution in [1.82, 2.24) is 20.4 Å². The monoisotopic (exact) mass is 491 g/mol. The summed E-state index contributed by atoms with van der Waals surface area (Å²) in [6, 6.07) is 0. The average Bonchev–Trinajstić information content (AvgIpc) is 2.69. The van der Waals surface area contributed by atoms with E-state index in [1.807, 2.05) is 7.05 Å². The van der Waals surface area contributed by atoms with E-state index in [0.717, 1.165) is 25.0 Å². The number of piperidine rings is 2. The molecule has 2 heterocycles. The zero-order valence-electron chi connectivity index (χ0n) is 17.6. The smallest absolute Gasteiger partial charge is 0.191 e. The molecule has 0 bridgehead atoms. The van der Waals surface area contributed by atoms with Gasteiger partial charge >= 0.3 is 0 Å². The Bertz CT molecular complexity index is 444. The third kappa shape index (κ3) is 6.74. The van der Waals surface area contributed by atoms with Crippen LogP contribution in [0.4, 0.5) is 0 Å². The fourth-order valence-corrected chi connectivity index (χ4v) is 5.33. The van der Waals surface area contributed by atoms with Gasteiger partial charge in [-0.25, -0.2) is 0 Å². The van der Waals surface area contributed by atoms with E-state index in [1.165, 1.54) is 90.4 Å². The zero-order chi connectivity index (χ0) is 18.2. The molecule has 0 aromatic carbocycles. The van der Waals surface area contributed by atoms with E-state index < -0.39 is 0 Å². The average molecular weight is 492 g/mol. The second-order valence-corrected chi connectivity index (χ2v) is 8.91. The number of likely N-dealkylation sites (tertiary alicyclic amines) is 2. The highest BCUT2D eigenvalue weighted by Gasteiger charge is 2.38. The van der Waals surface area contributed by atoms with Gasteiger partial charge in [-0.3, -0.25) is 9.89 Å². The SMILES string of the molecule is CN=C(NCC1CCCN(C)C1)NCC1(N2CCCCC2)CCCCC1.I. The number of rotatable bonds is 5. The molecular weight excluding hydrogens is 449 g/mol. The summed E-state index contributed by atoms with van der Waals surface area (Å²) in [5.41, 5.74) is 0.362. The minimum Gasteiger partial charge on any atom is -0.356 e. The maximum atomic E-state index is 4.51. The van der Waals surface area contributed by atoms with Gasteiger partial charge in [0.1, 0.15) is 0 Å². The van der Waals surface area contributed by atoms with E-state index in [1.54, 1.807) is 0 Å². The topological polar surface area (TPSA) is 42.9 Å². The third-order valence-corrected chi connectivity index (χ3v) is 6.90. The molecule has 158 valence electrons. The Morgan fingerprint density at radius 3 is 2.33 bits per heavy atom. The van der Waals surface area contributed by atoms with Crippen molar-refractivity contribution in [2.45, 2.75) is 69.7 Å². The quantitative estimate of drug-likeness (QED) is 0.352. The highest BCUT2D eigenvalue weighted by atomic mass is 127. The van der Waals surface area contributed by atoms with Gasteiger partial charge in [-0.1, -0.05) is 25.7 Å². The maximum Gasteiger partial charge on any atom is 0.191 e. The van der Waals surface area contributed by atoms with Crippen molar-refractivity contribution in [3.05, 3.63) is 0 Å². The fourth-order valence-electron chi connectivity index (χ4n) is 5.33. The van der Waals surface area contributed by atoms with Crippen LogP contribution in [-0.4, -0.2) is 74.7 Å². The summed E-state index contributed by atoms with van der Waals surface area (Å²) in [7, 11) is 4.15. The van der Waals surface area contributed by atoms with Gasteiger partial charge in [0.25, 0.3) is 0 Å². The van der Waals surface area contributed by atoms with Crippen LogP contribution in [0.1, 0.15) is 64.2 Å². The zero-order valence-corrected chi connectivity index (χ0v) is 20.0. The Kier molecular flexibility index (Phi) is 10.1. The highest BCUT2D eigenvalue weighted by molar-refractivity contribution is 14.0. The lowest BCUT2D eigenvalue weighted by Gasteiger charge is -2.48. The molecule has 0 aromatic rings. The molecule has 1 unspecified atom stereocenters. The first-order valence-electron chi connectivity index (χ1n) is 11.1. The molecule has 0 radical (unpaired) electrons. The van der Waals surface area contributed by atoms with Gasteiger partial charge in [0.15, 0.2) is 5.96 Å². The van der Waals surface area contributed by atoms with Gasteiger partial charge in [0, 0.05) is 32.2 Å². The number of halogens is 1. The first kappa shape index (κ1) is 23.2. The lowest BCUT2D eigenvalue weighted by Crippen LogP contribution is -2.59. The molecule has 0 aromatic heterocycles. The summed E-state index contributed by atoms with van der Waals surface area (Å²) < 4.78 is 0. The second kappa shape index (κ2) is 11.8. The van der Waals surface area contributed by atoms with Crippen molar-refractivity contribution in [2.75, 3.05) is 53.4 Å². The van der Waals surface area contributed by atoms with Gasteiger partial charge in [-0.15, -0.1) is 24.0 Å². The van der Waals surface area contributed by atoms with Crippen molar-refractivity contribution >= 4 is 29.9 Å². The molecule has 3 aliphatic rings. The fraction of sp³-hybridized carbons (Fsp3) is 0.952. The van der Waals surface area contributed by atoms with Gasteiger partial charge in [0.2, 0.25) is 0 Å². The molecule has 3 fully saturated rings. The van der Waals surface area contributed by atoms with Crippen LogP contribution >= 0.6 is 24.0 Å². The summed E-state index contributed by atoms with van der Waals surface area (Å²) in [6.07, 6.45) is 13.7. The minimum absolute atomic E-state index is 0. The third-order valence-electron chi connectivity index (χ3n) is 6.90. The van der Waals surface area contributed by atoms with E-state index in [0.29, 0.717) is 5.54 Å². The first-order valence-corrected chi connectivity index (χ1v) is 11.1. The predicted octanol–water partition coefficient (Wildman–Crippen LogP) is 3.30. The molecule has 2 N–H and O–H groups in total. The Balaban J connectivity index is 0.00000261. The number of aliphatic imine (C=N–C) groups is 1. The van der Waals surface area contributed by atoms with Crippen molar-refractivity contribution in [3.63, 3.8) is 0 Å². The van der Waals surface area contributed by atoms with E-state index in [2.05, 4.69) is 32.5 Å². The molecule has 0 spiro atoms. The van der Waals surface area contributed by atoms with Gasteiger partial charge in [0.05, 0.1) is 0 Å². The standard InChI is InChI=1S/C21H41N5.HI/c1-22-20(23-16-19-10-9-13-25(2)17-19)24-18-21(11-5-3-6-12-21)26-14-7-4-8-15-26;/h19H,3-18H2,1-2H3,(H2,22,23,24);1H. The summed E-state index contributed by atoms with van der Waals surface area (Å²) in [5.74, 6) is 1.75. The van der Waals surface area contributed by atoms with Crippen molar-refractivity contribution < 1.29 is 0 Å². The van der Waals surface area contributed by atoms with Crippen LogP contribution in [0.3, 0.4) is 0 Å². The summed E-state index contributed by atoms with van der Waals surface area (Å²) in [4.78, 5) is 9.78. The highest BCUT2D eigenvalue weighted by Crippen LogP contribution is 2.35. The molecule has 1 atom stereocenters. The van der Waals surface area contributed by atoms with Crippen LogP contribution in [0.25, 0.3) is 0 Å². The molecule has 27 heavy (non-hydrogen) atoms. The summed E-state index contributed by atoms with van der Waals surface area (Å²) >= 11 is 0. The molecule has 1 aliphatic carbocycles. The number of nitrogens with zero attached hydrogens (tertiary/aromatic N) is 3. The van der Waals surface area contributed by atoms with Crippen molar-refractivity contribution in [2.24, 2.45) is 10.9 Å². The molecule has 6 heteroatoms. The van der Waals surface area contributed by atoms with Crippen LogP contribution in [0, 0.1) is 5.92 Å². The molecule has 0 amide bonds. The number of hydrogen-bond donors (Lipinski definition) is 2. The Labute approximate surface area is 184 Å². The Morgan fingerprint density at radius 2 is 1.67 bits per heavy atom. The second-order valence-electron chi connectivity index (χ2n) is 8.91. The number of nitrogens with one attached hydrogen (secondary N) is 2. The first-order chi connectivity index (χ1) is 12.7. The Morgan fingerprint density at radius 1 is 0.963 bits per heavy atom. The number of guanidine groups is 1. The van der Waals surface area contributed by atoms with Crippen LogP contribution in [-0.2, 0) is 0 Å². The van der Waals surface area contributed by atoms with Crippen molar-refractivity contribution in [1.29, 1.82) is 0 Å². The summed E-state index contributed by atoms with van der Waals surface area (Å²) in [6.45, 7) is 7.14. The lowest BCUT2D eigenvalue weighted by molar-refractivity contribution is 0.0368. The molecule has 2 aliphatic heterocycles. The Hall–Kier alpha value is -0.0800. The van der Waals surface area contributed by atoms with Crippen LogP contribution < -0.4 is 10.6 Å². The van der Waals surface area contributed by atoms with Crippen LogP contribution in [0.5, 0.6) is 0 Å². The minimum atomic E-state index is 0. The molecule has 2 saturated heterocycles. The maximum absolute atomic E-state index is 4.51. The van der Waals surface area contributed by atoms with Gasteiger partial charge in [-0.05, 0) is 71.1 Å². The molecule has 1 saturated carbocycles. The van der Waals surface area contributed by atoms with E-state index >= 15 is 0 Å². The van der Waals surface area contributed by atoms with Gasteiger partial charge in [-0.2, -0.15) is 0 Å². The molecule has 3 rings (SSSR count). The summed E-state index contributed by atoms with van der Waals surface area (Å²) in [5, 5.41) is 7.32. The normalized spacial score (nSPS) is 27.6. The predicted molar refractivity (Wildman–Crippen MR) is 126 cm³/mol. The van der Waals surface area contributed by atoms with Gasteiger partial charge < -0.3 is 15.5 Å². The molecular formula is C21H42IN5.